The molecule has 0 spiro atoms. The predicted octanol–water partition coefficient (Wildman–Crippen LogP) is 4.39. The summed E-state index contributed by atoms with van der Waals surface area (Å²) in [6.07, 6.45) is 3.06. The molecule has 2 heterocycles. The molecule has 0 unspecified atom stereocenters. The SMILES string of the molecule is COc1ccc(S(=O)(=O)N(Cc2ccoc2)Cc2cccs2)cc1Cl. The van der Waals surface area contributed by atoms with Gasteiger partial charge in [-0.3, -0.25) is 0 Å². The van der Waals surface area contributed by atoms with Crippen LogP contribution in [0.25, 0.3) is 0 Å². The van der Waals surface area contributed by atoms with Gasteiger partial charge >= 0.3 is 0 Å². The predicted molar refractivity (Wildman–Crippen MR) is 97.5 cm³/mol. The van der Waals surface area contributed by atoms with Gasteiger partial charge in [0.1, 0.15) is 5.75 Å². The number of hydrogen-bond acceptors (Lipinski definition) is 5. The maximum Gasteiger partial charge on any atom is 0.243 e. The van der Waals surface area contributed by atoms with Crippen LogP contribution in [-0.4, -0.2) is 19.8 Å². The van der Waals surface area contributed by atoms with Gasteiger partial charge in [0.15, 0.2) is 0 Å². The lowest BCUT2D eigenvalue weighted by atomic mass is 10.3. The summed E-state index contributed by atoms with van der Waals surface area (Å²) in [7, 11) is -2.26. The Morgan fingerprint density at radius 1 is 1.24 bits per heavy atom. The third-order valence-corrected chi connectivity index (χ3v) is 6.56. The van der Waals surface area contributed by atoms with Crippen molar-refractivity contribution in [1.29, 1.82) is 0 Å². The van der Waals surface area contributed by atoms with Crippen LogP contribution in [0.1, 0.15) is 10.4 Å². The number of halogens is 1. The zero-order chi connectivity index (χ0) is 17.9. The molecule has 0 atom stereocenters. The molecule has 0 aliphatic heterocycles. The van der Waals surface area contributed by atoms with Crippen LogP contribution < -0.4 is 4.74 Å². The molecule has 3 aromatic rings. The summed E-state index contributed by atoms with van der Waals surface area (Å²) in [5.41, 5.74) is 0.778. The first kappa shape index (κ1) is 18.0. The maximum absolute atomic E-state index is 13.1. The van der Waals surface area contributed by atoms with Gasteiger partial charge in [0, 0.05) is 23.5 Å². The highest BCUT2D eigenvalue weighted by Gasteiger charge is 2.26. The second kappa shape index (κ2) is 7.61. The number of methoxy groups -OCH3 is 1. The Kier molecular flexibility index (Phi) is 5.48. The third-order valence-electron chi connectivity index (χ3n) is 3.61. The van der Waals surface area contributed by atoms with Gasteiger partial charge in [-0.2, -0.15) is 4.31 Å². The smallest absolute Gasteiger partial charge is 0.243 e. The van der Waals surface area contributed by atoms with Crippen molar-refractivity contribution in [2.24, 2.45) is 0 Å². The Morgan fingerprint density at radius 2 is 2.08 bits per heavy atom. The number of nitrogens with zero attached hydrogens (tertiary/aromatic N) is 1. The second-order valence-corrected chi connectivity index (χ2v) is 8.66. The molecule has 25 heavy (non-hydrogen) atoms. The molecule has 0 bridgehead atoms. The van der Waals surface area contributed by atoms with Crippen LogP contribution in [0.3, 0.4) is 0 Å². The summed E-state index contributed by atoms with van der Waals surface area (Å²) in [6.45, 7) is 0.481. The first-order valence-electron chi connectivity index (χ1n) is 7.38. The molecule has 0 radical (unpaired) electrons. The number of sulfonamides is 1. The van der Waals surface area contributed by atoms with Crippen molar-refractivity contribution in [3.63, 3.8) is 0 Å². The van der Waals surface area contributed by atoms with Crippen LogP contribution in [0.4, 0.5) is 0 Å². The van der Waals surface area contributed by atoms with E-state index >= 15 is 0 Å². The molecule has 0 amide bonds. The van der Waals surface area contributed by atoms with Crippen molar-refractivity contribution in [1.82, 2.24) is 4.31 Å². The molecule has 0 aliphatic carbocycles. The van der Waals surface area contributed by atoms with Crippen LogP contribution >= 0.6 is 22.9 Å². The normalized spacial score (nSPS) is 11.8. The van der Waals surface area contributed by atoms with Gasteiger partial charge in [-0.05, 0) is 35.7 Å². The van der Waals surface area contributed by atoms with Crippen molar-refractivity contribution >= 4 is 33.0 Å². The van der Waals surface area contributed by atoms with Crippen LogP contribution in [-0.2, 0) is 23.1 Å². The van der Waals surface area contributed by atoms with Gasteiger partial charge < -0.3 is 9.15 Å². The fourth-order valence-electron chi connectivity index (χ4n) is 2.35. The van der Waals surface area contributed by atoms with Crippen molar-refractivity contribution in [3.05, 3.63) is 69.8 Å². The average Bonchev–Trinajstić information content (AvgIpc) is 3.28. The summed E-state index contributed by atoms with van der Waals surface area (Å²) in [5.74, 6) is 0.431. The van der Waals surface area contributed by atoms with E-state index in [4.69, 9.17) is 20.8 Å². The highest BCUT2D eigenvalue weighted by molar-refractivity contribution is 7.89. The van der Waals surface area contributed by atoms with E-state index in [0.29, 0.717) is 5.75 Å². The molecular weight excluding hydrogens is 382 g/mol. The number of furan rings is 1. The van der Waals surface area contributed by atoms with Gasteiger partial charge in [-0.25, -0.2) is 8.42 Å². The molecule has 3 rings (SSSR count). The van der Waals surface area contributed by atoms with Crippen molar-refractivity contribution < 1.29 is 17.6 Å². The molecule has 0 aliphatic rings. The Morgan fingerprint density at radius 3 is 2.68 bits per heavy atom. The number of benzene rings is 1. The minimum Gasteiger partial charge on any atom is -0.495 e. The molecule has 132 valence electrons. The Bertz CT molecular complexity index is 885. The standard InChI is InChI=1S/C17H16ClNO4S2/c1-22-17-5-4-15(9-16(17)18)25(20,21)19(10-13-6-7-23-12-13)11-14-3-2-8-24-14/h2-9,12H,10-11H2,1H3. The van der Waals surface area contributed by atoms with Crippen LogP contribution in [0.15, 0.2) is 63.6 Å². The highest BCUT2D eigenvalue weighted by atomic mass is 35.5. The summed E-state index contributed by atoms with van der Waals surface area (Å²) in [4.78, 5) is 1.07. The topological polar surface area (TPSA) is 59.8 Å². The summed E-state index contributed by atoms with van der Waals surface area (Å²) in [5, 5.41) is 2.17. The van der Waals surface area contributed by atoms with Crippen LogP contribution in [0, 0.1) is 0 Å². The number of hydrogen-bond donors (Lipinski definition) is 0. The zero-order valence-corrected chi connectivity index (χ0v) is 15.8. The number of rotatable bonds is 7. The molecular formula is C17H16ClNO4S2. The van der Waals surface area contributed by atoms with Gasteiger partial charge in [0.05, 0.1) is 29.6 Å². The summed E-state index contributed by atoms with van der Waals surface area (Å²) < 4.78 is 37.8. The summed E-state index contributed by atoms with van der Waals surface area (Å²) in [6, 6.07) is 10.0. The monoisotopic (exact) mass is 397 g/mol. The van der Waals surface area contributed by atoms with E-state index < -0.39 is 10.0 Å². The molecule has 0 N–H and O–H groups in total. The van der Waals surface area contributed by atoms with Crippen molar-refractivity contribution in [2.45, 2.75) is 18.0 Å². The van der Waals surface area contributed by atoms with E-state index in [9.17, 15) is 8.42 Å². The first-order chi connectivity index (χ1) is 12.0. The minimum atomic E-state index is -3.74. The third kappa shape index (κ3) is 4.07. The Balaban J connectivity index is 1.96. The molecule has 0 saturated carbocycles. The number of thiophene rings is 1. The largest absolute Gasteiger partial charge is 0.495 e. The van der Waals surface area contributed by atoms with E-state index in [0.717, 1.165) is 10.4 Å². The fraction of sp³-hybridized carbons (Fsp3) is 0.176. The van der Waals surface area contributed by atoms with E-state index in [1.165, 1.54) is 47.4 Å². The lowest BCUT2D eigenvalue weighted by molar-refractivity contribution is 0.401. The molecule has 1 aromatic carbocycles. The lowest BCUT2D eigenvalue weighted by Gasteiger charge is -2.21. The second-order valence-electron chi connectivity index (χ2n) is 5.28. The van der Waals surface area contributed by atoms with Crippen LogP contribution in [0.2, 0.25) is 5.02 Å². The molecule has 5 nitrogen and oxygen atoms in total. The minimum absolute atomic E-state index is 0.123. The highest BCUT2D eigenvalue weighted by Crippen LogP contribution is 2.30. The molecule has 8 heteroatoms. The quantitative estimate of drug-likeness (QED) is 0.593. The van der Waals surface area contributed by atoms with E-state index in [-0.39, 0.29) is 23.0 Å². The Labute approximate surface area is 155 Å². The molecule has 2 aromatic heterocycles. The van der Waals surface area contributed by atoms with Crippen LogP contribution in [0.5, 0.6) is 5.75 Å². The van der Waals surface area contributed by atoms with Gasteiger partial charge in [0.2, 0.25) is 10.0 Å². The fourth-order valence-corrected chi connectivity index (χ4v) is 4.90. The van der Waals surface area contributed by atoms with E-state index in [1.54, 1.807) is 12.1 Å². The molecule has 0 saturated heterocycles. The van der Waals surface area contributed by atoms with Crippen molar-refractivity contribution in [2.75, 3.05) is 7.11 Å². The van der Waals surface area contributed by atoms with E-state index in [1.807, 2.05) is 17.5 Å². The summed E-state index contributed by atoms with van der Waals surface area (Å²) >= 11 is 7.61. The lowest BCUT2D eigenvalue weighted by Crippen LogP contribution is -2.29. The average molecular weight is 398 g/mol. The van der Waals surface area contributed by atoms with Gasteiger partial charge in [0.25, 0.3) is 0 Å². The maximum atomic E-state index is 13.1. The molecule has 0 fully saturated rings. The Hall–Kier alpha value is -1.80. The first-order valence-corrected chi connectivity index (χ1v) is 10.1. The van der Waals surface area contributed by atoms with E-state index in [2.05, 4.69) is 0 Å². The van der Waals surface area contributed by atoms with Gasteiger partial charge in [-0.1, -0.05) is 17.7 Å². The van der Waals surface area contributed by atoms with Crippen molar-refractivity contribution in [3.8, 4) is 5.75 Å². The number of ether oxygens (including phenoxy) is 1. The van der Waals surface area contributed by atoms with Gasteiger partial charge in [-0.15, -0.1) is 11.3 Å². The zero-order valence-electron chi connectivity index (χ0n) is 13.4.